The minimum Gasteiger partial charge on any atom is -0.494 e. The quantitative estimate of drug-likeness (QED) is 0.615. The van der Waals surface area contributed by atoms with Crippen molar-refractivity contribution in [3.63, 3.8) is 0 Å². The highest BCUT2D eigenvalue weighted by Gasteiger charge is 2.26. The number of hydrogen-bond donors (Lipinski definition) is 1. The van der Waals surface area contributed by atoms with E-state index in [2.05, 4.69) is 0 Å². The molecule has 1 fully saturated rings. The average Bonchev–Trinajstić information content (AvgIpc) is 2.30. The van der Waals surface area contributed by atoms with Crippen molar-refractivity contribution in [3.8, 4) is 11.5 Å². The van der Waals surface area contributed by atoms with Crippen LogP contribution in [0.2, 0.25) is 0 Å². The van der Waals surface area contributed by atoms with E-state index in [1.54, 1.807) is 24.3 Å². The molecule has 0 spiro atoms. The molecule has 18 heavy (non-hydrogen) atoms. The maximum Gasteiger partial charge on any atom is 0.325 e. The van der Waals surface area contributed by atoms with Crippen LogP contribution in [-0.4, -0.2) is 48.3 Å². The fourth-order valence-electron chi connectivity index (χ4n) is 1.79. The van der Waals surface area contributed by atoms with Crippen LogP contribution in [-0.2, 0) is 4.79 Å². The van der Waals surface area contributed by atoms with Crippen LogP contribution in [0.4, 0.5) is 0 Å². The average molecular weight is 251 g/mol. The largest absolute Gasteiger partial charge is 0.494 e. The van der Waals surface area contributed by atoms with Crippen LogP contribution in [0.1, 0.15) is 6.92 Å². The first-order chi connectivity index (χ1) is 8.67. The van der Waals surface area contributed by atoms with E-state index in [-0.39, 0.29) is 18.6 Å². The molecular formula is C13H17NO4. The number of benzene rings is 1. The Labute approximate surface area is 106 Å². The topological polar surface area (TPSA) is 59.0 Å². The highest BCUT2D eigenvalue weighted by atomic mass is 16.5. The molecule has 0 radical (unpaired) electrons. The number of aliphatic hydroxyl groups excluding tert-OH is 1. The Hall–Kier alpha value is -1.59. The van der Waals surface area contributed by atoms with Crippen molar-refractivity contribution in [2.75, 3.05) is 26.2 Å². The monoisotopic (exact) mass is 251 g/mol. The molecule has 1 N–H and O–H groups in total. The fraction of sp³-hybridized carbons (Fsp3) is 0.462. The predicted octanol–water partition coefficient (Wildman–Crippen LogP) is 0.667. The molecule has 0 aliphatic carbocycles. The summed E-state index contributed by atoms with van der Waals surface area (Å²) >= 11 is 0. The molecule has 0 saturated carbocycles. The SMILES string of the molecule is CCOc1ccc(OC(=O)CN2CC(O)C2)cc1. The van der Waals surface area contributed by atoms with Gasteiger partial charge >= 0.3 is 5.97 Å². The zero-order valence-electron chi connectivity index (χ0n) is 10.3. The molecule has 5 nitrogen and oxygen atoms in total. The number of β-amino-alcohol motifs (C(OH)–C–C–N with tert-alkyl or cyclic N) is 1. The van der Waals surface area contributed by atoms with Gasteiger partial charge in [-0.3, -0.25) is 9.69 Å². The summed E-state index contributed by atoms with van der Waals surface area (Å²) in [5, 5.41) is 9.09. The van der Waals surface area contributed by atoms with E-state index in [0.717, 1.165) is 5.75 Å². The third-order valence-corrected chi connectivity index (χ3v) is 2.66. The summed E-state index contributed by atoms with van der Waals surface area (Å²) in [6, 6.07) is 6.93. The molecular weight excluding hydrogens is 234 g/mol. The number of ether oxygens (including phenoxy) is 2. The van der Waals surface area contributed by atoms with Gasteiger partial charge in [0.25, 0.3) is 0 Å². The Morgan fingerprint density at radius 2 is 1.94 bits per heavy atom. The summed E-state index contributed by atoms with van der Waals surface area (Å²) in [4.78, 5) is 13.4. The molecule has 1 saturated heterocycles. The Balaban J connectivity index is 1.79. The van der Waals surface area contributed by atoms with Gasteiger partial charge in [-0.25, -0.2) is 0 Å². The summed E-state index contributed by atoms with van der Waals surface area (Å²) < 4.78 is 10.5. The minimum absolute atomic E-state index is 0.213. The van der Waals surface area contributed by atoms with Crippen LogP contribution in [0, 0.1) is 0 Å². The van der Waals surface area contributed by atoms with Crippen molar-refractivity contribution < 1.29 is 19.4 Å². The second-order valence-electron chi connectivity index (χ2n) is 4.23. The van der Waals surface area contributed by atoms with Gasteiger partial charge in [0, 0.05) is 13.1 Å². The maximum absolute atomic E-state index is 11.6. The van der Waals surface area contributed by atoms with Crippen LogP contribution < -0.4 is 9.47 Å². The highest BCUT2D eigenvalue weighted by molar-refractivity contribution is 5.74. The Morgan fingerprint density at radius 3 is 2.50 bits per heavy atom. The number of likely N-dealkylation sites (tertiary alicyclic amines) is 1. The second-order valence-corrected chi connectivity index (χ2v) is 4.23. The van der Waals surface area contributed by atoms with Crippen LogP contribution >= 0.6 is 0 Å². The van der Waals surface area contributed by atoms with Crippen LogP contribution in [0.15, 0.2) is 24.3 Å². The van der Waals surface area contributed by atoms with Crippen molar-refractivity contribution in [1.82, 2.24) is 4.90 Å². The van der Waals surface area contributed by atoms with Crippen LogP contribution in [0.25, 0.3) is 0 Å². The lowest BCUT2D eigenvalue weighted by molar-refractivity contribution is -0.138. The third kappa shape index (κ3) is 3.45. The summed E-state index contributed by atoms with van der Waals surface area (Å²) in [6.45, 7) is 3.81. The molecule has 1 aromatic carbocycles. The van der Waals surface area contributed by atoms with Crippen molar-refractivity contribution in [3.05, 3.63) is 24.3 Å². The Kier molecular flexibility index (Phi) is 4.17. The van der Waals surface area contributed by atoms with Gasteiger partial charge in [-0.05, 0) is 31.2 Å². The van der Waals surface area contributed by atoms with Gasteiger partial charge < -0.3 is 14.6 Å². The standard InChI is InChI=1S/C13H17NO4/c1-2-17-11-3-5-12(6-4-11)18-13(16)9-14-7-10(15)8-14/h3-6,10,15H,2,7-9H2,1H3. The van der Waals surface area contributed by atoms with E-state index >= 15 is 0 Å². The van der Waals surface area contributed by atoms with E-state index in [1.807, 2.05) is 11.8 Å². The van der Waals surface area contributed by atoms with Crippen molar-refractivity contribution in [2.24, 2.45) is 0 Å². The number of hydrogen-bond acceptors (Lipinski definition) is 5. The number of aliphatic hydroxyl groups is 1. The first-order valence-electron chi connectivity index (χ1n) is 6.01. The molecule has 0 aromatic heterocycles. The van der Waals surface area contributed by atoms with Crippen LogP contribution in [0.5, 0.6) is 11.5 Å². The van der Waals surface area contributed by atoms with E-state index in [9.17, 15) is 4.79 Å². The van der Waals surface area contributed by atoms with Crippen LogP contribution in [0.3, 0.4) is 0 Å². The molecule has 98 valence electrons. The van der Waals surface area contributed by atoms with E-state index in [0.29, 0.717) is 25.4 Å². The fourth-order valence-corrected chi connectivity index (χ4v) is 1.79. The number of carbonyl (C=O) groups excluding carboxylic acids is 1. The van der Waals surface area contributed by atoms with Gasteiger partial charge in [0.15, 0.2) is 0 Å². The number of esters is 1. The zero-order valence-corrected chi connectivity index (χ0v) is 10.3. The summed E-state index contributed by atoms with van der Waals surface area (Å²) in [7, 11) is 0. The summed E-state index contributed by atoms with van der Waals surface area (Å²) in [6.07, 6.45) is -0.303. The molecule has 1 heterocycles. The second kappa shape index (κ2) is 5.84. The normalized spacial score (nSPS) is 16.1. The Bertz CT molecular complexity index is 398. The molecule has 0 bridgehead atoms. The van der Waals surface area contributed by atoms with Gasteiger partial charge in [0.05, 0.1) is 19.3 Å². The molecule has 1 aliphatic heterocycles. The van der Waals surface area contributed by atoms with Gasteiger partial charge in [0.2, 0.25) is 0 Å². The van der Waals surface area contributed by atoms with E-state index in [4.69, 9.17) is 14.6 Å². The third-order valence-electron chi connectivity index (χ3n) is 2.66. The van der Waals surface area contributed by atoms with E-state index < -0.39 is 0 Å². The molecule has 0 atom stereocenters. The lowest BCUT2D eigenvalue weighted by atomic mass is 10.2. The molecule has 0 amide bonds. The van der Waals surface area contributed by atoms with Crippen molar-refractivity contribution >= 4 is 5.97 Å². The molecule has 2 rings (SSSR count). The van der Waals surface area contributed by atoms with Crippen molar-refractivity contribution in [1.29, 1.82) is 0 Å². The predicted molar refractivity (Wildman–Crippen MR) is 65.7 cm³/mol. The number of nitrogens with zero attached hydrogens (tertiary/aromatic N) is 1. The van der Waals surface area contributed by atoms with Gasteiger partial charge in [0.1, 0.15) is 11.5 Å². The smallest absolute Gasteiger partial charge is 0.325 e. The highest BCUT2D eigenvalue weighted by Crippen LogP contribution is 2.18. The lowest BCUT2D eigenvalue weighted by Crippen LogP contribution is -2.52. The first-order valence-corrected chi connectivity index (χ1v) is 6.01. The molecule has 0 unspecified atom stereocenters. The zero-order chi connectivity index (χ0) is 13.0. The van der Waals surface area contributed by atoms with Crippen molar-refractivity contribution in [2.45, 2.75) is 13.0 Å². The summed E-state index contributed by atoms with van der Waals surface area (Å²) in [5.41, 5.74) is 0. The number of rotatable bonds is 5. The van der Waals surface area contributed by atoms with Gasteiger partial charge in [-0.1, -0.05) is 0 Å². The maximum atomic E-state index is 11.6. The van der Waals surface area contributed by atoms with Gasteiger partial charge in [-0.15, -0.1) is 0 Å². The Morgan fingerprint density at radius 1 is 1.33 bits per heavy atom. The minimum atomic E-state index is -0.314. The number of carbonyl (C=O) groups is 1. The molecule has 5 heteroatoms. The van der Waals surface area contributed by atoms with Gasteiger partial charge in [-0.2, -0.15) is 0 Å². The molecule has 1 aliphatic rings. The van der Waals surface area contributed by atoms with E-state index in [1.165, 1.54) is 0 Å². The lowest BCUT2D eigenvalue weighted by Gasteiger charge is -2.34. The first kappa shape index (κ1) is 12.9. The molecule has 1 aromatic rings. The summed E-state index contributed by atoms with van der Waals surface area (Å²) in [5.74, 6) is 0.943.